The Morgan fingerprint density at radius 1 is 0.952 bits per heavy atom. The summed E-state index contributed by atoms with van der Waals surface area (Å²) in [5.41, 5.74) is 6.09. The summed E-state index contributed by atoms with van der Waals surface area (Å²) in [6, 6.07) is 18.8. The molecule has 1 aliphatic heterocycles. The van der Waals surface area contributed by atoms with Crippen molar-refractivity contribution < 1.29 is 0 Å². The molecule has 1 nitrogen and oxygen atoms in total. The topological polar surface area (TPSA) is 12.0 Å². The van der Waals surface area contributed by atoms with Gasteiger partial charge in [-0.05, 0) is 66.8 Å². The number of piperidine rings is 1. The predicted molar refractivity (Wildman–Crippen MR) is 87.8 cm³/mol. The van der Waals surface area contributed by atoms with Crippen LogP contribution in [0.1, 0.15) is 47.4 Å². The summed E-state index contributed by atoms with van der Waals surface area (Å²) < 4.78 is 0. The molecule has 2 atom stereocenters. The van der Waals surface area contributed by atoms with Crippen molar-refractivity contribution in [2.75, 3.05) is 6.54 Å². The lowest BCUT2D eigenvalue weighted by Gasteiger charge is -2.38. The lowest BCUT2D eigenvalue weighted by molar-refractivity contribution is 0.319. The lowest BCUT2D eigenvalue weighted by atomic mass is 9.75. The van der Waals surface area contributed by atoms with Gasteiger partial charge in [0, 0.05) is 6.04 Å². The third-order valence-electron chi connectivity index (χ3n) is 5.17. The van der Waals surface area contributed by atoms with E-state index in [1.165, 1.54) is 43.4 Å². The molecular weight excluding hydrogens is 254 g/mol. The molecule has 2 aromatic carbocycles. The second-order valence-electron chi connectivity index (χ2n) is 6.54. The monoisotopic (exact) mass is 277 g/mol. The molecule has 2 aromatic rings. The maximum Gasteiger partial charge on any atom is 0.0139 e. The van der Waals surface area contributed by atoms with E-state index in [1.54, 1.807) is 11.1 Å². The van der Waals surface area contributed by atoms with Crippen molar-refractivity contribution in [2.24, 2.45) is 0 Å². The van der Waals surface area contributed by atoms with Gasteiger partial charge in [0.05, 0.1) is 0 Å². The molecular formula is C20H23N. The number of aryl methyl sites for hydroxylation is 1. The number of benzene rings is 2. The Balaban J connectivity index is 1.60. The molecule has 4 rings (SSSR count). The predicted octanol–water partition coefficient (Wildman–Crippen LogP) is 4.06. The van der Waals surface area contributed by atoms with E-state index >= 15 is 0 Å². The smallest absolute Gasteiger partial charge is 0.0139 e. The summed E-state index contributed by atoms with van der Waals surface area (Å²) in [5, 5.41) is 3.72. The Hall–Kier alpha value is -1.60. The van der Waals surface area contributed by atoms with Crippen LogP contribution in [0.5, 0.6) is 0 Å². The summed E-state index contributed by atoms with van der Waals surface area (Å²) in [6.45, 7) is 1.21. The van der Waals surface area contributed by atoms with Gasteiger partial charge in [0.15, 0.2) is 0 Å². The van der Waals surface area contributed by atoms with Crippen molar-refractivity contribution >= 4 is 0 Å². The average molecular weight is 277 g/mol. The highest BCUT2D eigenvalue weighted by molar-refractivity contribution is 5.39. The highest BCUT2D eigenvalue weighted by Gasteiger charge is 2.31. The number of rotatable bonds is 2. The average Bonchev–Trinajstić information content (AvgIpc) is 2.55. The lowest BCUT2D eigenvalue weighted by Crippen LogP contribution is -2.42. The van der Waals surface area contributed by atoms with Crippen LogP contribution in [0.4, 0.5) is 0 Å². The minimum absolute atomic E-state index is 0.728. The molecule has 1 aliphatic carbocycles. The molecule has 1 heteroatoms. The Morgan fingerprint density at radius 3 is 2.76 bits per heavy atom. The molecule has 0 bridgehead atoms. The van der Waals surface area contributed by atoms with Crippen molar-refractivity contribution in [3.8, 4) is 0 Å². The van der Waals surface area contributed by atoms with Crippen LogP contribution in [0.25, 0.3) is 0 Å². The molecule has 0 aromatic heterocycles. The minimum Gasteiger partial charge on any atom is -0.313 e. The fourth-order valence-corrected chi connectivity index (χ4v) is 4.12. The van der Waals surface area contributed by atoms with Crippen LogP contribution in [0.3, 0.4) is 0 Å². The van der Waals surface area contributed by atoms with Gasteiger partial charge < -0.3 is 5.32 Å². The van der Waals surface area contributed by atoms with Gasteiger partial charge in [0.1, 0.15) is 0 Å². The van der Waals surface area contributed by atoms with E-state index in [2.05, 4.69) is 53.8 Å². The molecule has 108 valence electrons. The standard InChI is InChI=1S/C20H23N/c1-2-5-15(6-3-1)13-16-8-10-18-17(14-16)9-11-20-19(18)7-4-12-21-20/h1-3,5-6,8,10,14,19-21H,4,7,9,11-13H2/t19?,20-/m0/s1. The van der Waals surface area contributed by atoms with E-state index in [-0.39, 0.29) is 0 Å². The van der Waals surface area contributed by atoms with E-state index in [4.69, 9.17) is 0 Å². The van der Waals surface area contributed by atoms with E-state index < -0.39 is 0 Å². The first-order chi connectivity index (χ1) is 10.4. The molecule has 0 saturated carbocycles. The first kappa shape index (κ1) is 13.1. The fourth-order valence-electron chi connectivity index (χ4n) is 4.12. The number of hydrogen-bond donors (Lipinski definition) is 1. The third kappa shape index (κ3) is 2.63. The first-order valence-corrected chi connectivity index (χ1v) is 8.29. The third-order valence-corrected chi connectivity index (χ3v) is 5.17. The summed E-state index contributed by atoms with van der Waals surface area (Å²) in [4.78, 5) is 0. The number of hydrogen-bond acceptors (Lipinski definition) is 1. The maximum absolute atomic E-state index is 3.72. The van der Waals surface area contributed by atoms with E-state index in [0.29, 0.717) is 0 Å². The summed E-state index contributed by atoms with van der Waals surface area (Å²) in [6.07, 6.45) is 6.30. The highest BCUT2D eigenvalue weighted by Crippen LogP contribution is 2.37. The molecule has 21 heavy (non-hydrogen) atoms. The normalized spacial score (nSPS) is 24.2. The van der Waals surface area contributed by atoms with Gasteiger partial charge in [-0.2, -0.15) is 0 Å². The Labute approximate surface area is 127 Å². The number of fused-ring (bicyclic) bond motifs is 3. The quantitative estimate of drug-likeness (QED) is 0.873. The Morgan fingerprint density at radius 2 is 1.86 bits per heavy atom. The Kier molecular flexibility index (Phi) is 3.52. The summed E-state index contributed by atoms with van der Waals surface area (Å²) in [7, 11) is 0. The largest absolute Gasteiger partial charge is 0.313 e. The fraction of sp³-hybridized carbons (Fsp3) is 0.400. The van der Waals surface area contributed by atoms with Gasteiger partial charge in [0.25, 0.3) is 0 Å². The zero-order valence-electron chi connectivity index (χ0n) is 12.5. The first-order valence-electron chi connectivity index (χ1n) is 8.29. The van der Waals surface area contributed by atoms with Gasteiger partial charge in [-0.15, -0.1) is 0 Å². The van der Waals surface area contributed by atoms with Gasteiger partial charge >= 0.3 is 0 Å². The molecule has 0 spiro atoms. The van der Waals surface area contributed by atoms with Gasteiger partial charge in [-0.25, -0.2) is 0 Å². The molecule has 1 saturated heterocycles. The van der Waals surface area contributed by atoms with Crippen LogP contribution < -0.4 is 5.32 Å². The molecule has 1 unspecified atom stereocenters. The summed E-state index contributed by atoms with van der Waals surface area (Å²) >= 11 is 0. The van der Waals surface area contributed by atoms with Crippen molar-refractivity contribution in [3.63, 3.8) is 0 Å². The maximum atomic E-state index is 3.72. The van der Waals surface area contributed by atoms with Gasteiger partial charge in [-0.1, -0.05) is 48.5 Å². The van der Waals surface area contributed by atoms with Crippen LogP contribution in [-0.4, -0.2) is 12.6 Å². The van der Waals surface area contributed by atoms with Crippen molar-refractivity contribution in [3.05, 3.63) is 70.8 Å². The molecule has 0 amide bonds. The van der Waals surface area contributed by atoms with Crippen LogP contribution >= 0.6 is 0 Å². The van der Waals surface area contributed by atoms with Crippen LogP contribution in [0.2, 0.25) is 0 Å². The second kappa shape index (κ2) is 5.65. The van der Waals surface area contributed by atoms with Crippen molar-refractivity contribution in [1.82, 2.24) is 5.32 Å². The zero-order valence-corrected chi connectivity index (χ0v) is 12.5. The van der Waals surface area contributed by atoms with E-state index in [1.807, 2.05) is 0 Å². The Bertz CT molecular complexity index is 617. The van der Waals surface area contributed by atoms with Gasteiger partial charge in [0.2, 0.25) is 0 Å². The minimum atomic E-state index is 0.728. The van der Waals surface area contributed by atoms with Crippen molar-refractivity contribution in [2.45, 2.75) is 44.1 Å². The van der Waals surface area contributed by atoms with Crippen LogP contribution in [0.15, 0.2) is 48.5 Å². The molecule has 2 aliphatic rings. The molecule has 0 radical (unpaired) electrons. The second-order valence-corrected chi connectivity index (χ2v) is 6.54. The van der Waals surface area contributed by atoms with E-state index in [0.717, 1.165) is 18.4 Å². The van der Waals surface area contributed by atoms with E-state index in [9.17, 15) is 0 Å². The van der Waals surface area contributed by atoms with Crippen molar-refractivity contribution in [1.29, 1.82) is 0 Å². The zero-order chi connectivity index (χ0) is 14.1. The van der Waals surface area contributed by atoms with Gasteiger partial charge in [-0.3, -0.25) is 0 Å². The molecule has 1 N–H and O–H groups in total. The van der Waals surface area contributed by atoms with Crippen LogP contribution in [-0.2, 0) is 12.8 Å². The highest BCUT2D eigenvalue weighted by atomic mass is 14.9. The number of nitrogens with one attached hydrogen (secondary N) is 1. The SMILES string of the molecule is c1ccc(Cc2ccc3c(c2)CC[C@@H]2NCCCC32)cc1. The molecule has 1 fully saturated rings. The van der Waals surface area contributed by atoms with Crippen LogP contribution in [0, 0.1) is 0 Å². The summed E-state index contributed by atoms with van der Waals surface area (Å²) in [5.74, 6) is 0.758. The molecule has 1 heterocycles.